The monoisotopic (exact) mass is 506 g/mol. The molecule has 0 radical (unpaired) electrons. The first-order chi connectivity index (χ1) is 18.5. The number of allylic oxidation sites excluding steroid dienone is 1. The van der Waals surface area contributed by atoms with Crippen molar-refractivity contribution in [3.63, 3.8) is 0 Å². The van der Waals surface area contributed by atoms with Crippen molar-refractivity contribution < 1.29 is 9.18 Å². The van der Waals surface area contributed by atoms with Gasteiger partial charge in [-0.25, -0.2) is 9.07 Å². The first-order valence-electron chi connectivity index (χ1n) is 13.3. The molecule has 2 aromatic carbocycles. The molecular formula is C32H31FN4O. The zero-order valence-corrected chi connectivity index (χ0v) is 21.5. The Bertz CT molecular complexity index is 1460. The van der Waals surface area contributed by atoms with Crippen molar-refractivity contribution in [2.75, 3.05) is 0 Å². The van der Waals surface area contributed by atoms with E-state index in [9.17, 15) is 9.18 Å². The standard InChI is InChI=1S/C32H31FN4O/c1-32-20-24-21-35-37(28-11-9-27(33)10-12-28)30(24)19-26(32)8-7-25(32)18-29(23-5-3-2-4-6-23)36-31(38)17-22-13-15-34-16-14-22/h2-6,9-16,19,21,25,29H,7-8,17-18,20H2,1H3,(H,36,38)/t25-,29?,32-/m1/s1. The van der Waals surface area contributed by atoms with Crippen molar-refractivity contribution in [1.29, 1.82) is 0 Å². The van der Waals surface area contributed by atoms with Crippen LogP contribution in [0.5, 0.6) is 0 Å². The Morgan fingerprint density at radius 2 is 1.87 bits per heavy atom. The summed E-state index contributed by atoms with van der Waals surface area (Å²) in [6.45, 7) is 2.37. The molecule has 2 aromatic heterocycles. The molecule has 5 nitrogen and oxygen atoms in total. The van der Waals surface area contributed by atoms with Gasteiger partial charge in [-0.1, -0.05) is 42.8 Å². The van der Waals surface area contributed by atoms with Crippen LogP contribution in [-0.2, 0) is 17.6 Å². The summed E-state index contributed by atoms with van der Waals surface area (Å²) < 4.78 is 15.4. The summed E-state index contributed by atoms with van der Waals surface area (Å²) in [5, 5.41) is 8.00. The Morgan fingerprint density at radius 3 is 2.63 bits per heavy atom. The zero-order chi connectivity index (χ0) is 26.1. The second kappa shape index (κ2) is 10.0. The second-order valence-corrected chi connectivity index (χ2v) is 10.7. The van der Waals surface area contributed by atoms with Crippen molar-refractivity contribution in [2.24, 2.45) is 11.3 Å². The maximum atomic E-state index is 13.5. The summed E-state index contributed by atoms with van der Waals surface area (Å²) in [5.74, 6) is 0.193. The van der Waals surface area contributed by atoms with Crippen LogP contribution < -0.4 is 5.32 Å². The summed E-state index contributed by atoms with van der Waals surface area (Å²) >= 11 is 0. The number of hydrogen-bond acceptors (Lipinski definition) is 3. The molecule has 1 saturated carbocycles. The highest BCUT2D eigenvalue weighted by atomic mass is 19.1. The average molecular weight is 507 g/mol. The van der Waals surface area contributed by atoms with Crippen LogP contribution in [0.1, 0.15) is 54.6 Å². The van der Waals surface area contributed by atoms with Gasteiger partial charge in [-0.05, 0) is 96.2 Å². The Labute approximate surface area is 222 Å². The van der Waals surface area contributed by atoms with E-state index in [-0.39, 0.29) is 23.2 Å². The van der Waals surface area contributed by atoms with Gasteiger partial charge in [0.05, 0.1) is 30.0 Å². The van der Waals surface area contributed by atoms with Gasteiger partial charge in [0.25, 0.3) is 0 Å². The summed E-state index contributed by atoms with van der Waals surface area (Å²) in [6, 6.07) is 20.5. The van der Waals surface area contributed by atoms with Crippen LogP contribution >= 0.6 is 0 Å². The fourth-order valence-electron chi connectivity index (χ4n) is 6.28. The van der Waals surface area contributed by atoms with Crippen LogP contribution in [0.15, 0.2) is 90.9 Å². The number of amides is 1. The van der Waals surface area contributed by atoms with Crippen molar-refractivity contribution in [3.8, 4) is 5.69 Å². The van der Waals surface area contributed by atoms with E-state index in [2.05, 4.69) is 40.5 Å². The number of fused-ring (bicyclic) bond motifs is 2. The third-order valence-corrected chi connectivity index (χ3v) is 8.39. The predicted octanol–water partition coefficient (Wildman–Crippen LogP) is 6.25. The normalized spacial score (nSPS) is 20.8. The molecule has 0 saturated heterocycles. The topological polar surface area (TPSA) is 59.8 Å². The number of aromatic nitrogens is 3. The first-order valence-corrected chi connectivity index (χ1v) is 13.3. The first kappa shape index (κ1) is 24.3. The highest BCUT2D eigenvalue weighted by Gasteiger charge is 2.46. The maximum Gasteiger partial charge on any atom is 0.224 e. The largest absolute Gasteiger partial charge is 0.349 e. The molecule has 0 bridgehead atoms. The smallest absolute Gasteiger partial charge is 0.224 e. The Morgan fingerprint density at radius 1 is 1.11 bits per heavy atom. The van der Waals surface area contributed by atoms with Gasteiger partial charge in [0.15, 0.2) is 0 Å². The average Bonchev–Trinajstić information content (AvgIpc) is 3.48. The number of benzene rings is 2. The molecule has 2 aliphatic rings. The van der Waals surface area contributed by atoms with E-state index in [1.165, 1.54) is 23.3 Å². The third kappa shape index (κ3) is 4.67. The maximum absolute atomic E-state index is 13.5. The fourth-order valence-corrected chi connectivity index (χ4v) is 6.28. The number of halogens is 1. The molecule has 6 rings (SSSR count). The van der Waals surface area contributed by atoms with Gasteiger partial charge >= 0.3 is 0 Å². The SMILES string of the molecule is C[C@]12Cc3cnn(-c4ccc(F)cc4)c3C=C1CC[C@@H]2CC(NC(=O)Cc1ccncc1)c1ccccc1. The van der Waals surface area contributed by atoms with Crippen molar-refractivity contribution in [2.45, 2.75) is 45.1 Å². The lowest BCUT2D eigenvalue weighted by Crippen LogP contribution is -2.35. The molecule has 1 unspecified atom stereocenters. The van der Waals surface area contributed by atoms with Crippen molar-refractivity contribution in [1.82, 2.24) is 20.1 Å². The van der Waals surface area contributed by atoms with Gasteiger partial charge in [0, 0.05) is 12.4 Å². The van der Waals surface area contributed by atoms with E-state index < -0.39 is 0 Å². The highest BCUT2D eigenvalue weighted by molar-refractivity contribution is 5.79. The molecule has 6 heteroatoms. The van der Waals surface area contributed by atoms with Gasteiger partial charge in [-0.3, -0.25) is 9.78 Å². The summed E-state index contributed by atoms with van der Waals surface area (Å²) in [4.78, 5) is 17.1. The minimum atomic E-state index is -0.250. The lowest BCUT2D eigenvalue weighted by molar-refractivity contribution is -0.121. The minimum absolute atomic E-state index is 0.00647. The van der Waals surface area contributed by atoms with E-state index in [1.54, 1.807) is 24.5 Å². The number of carbonyl (C=O) groups excluding carboxylic acids is 1. The highest BCUT2D eigenvalue weighted by Crippen LogP contribution is 2.55. The van der Waals surface area contributed by atoms with Crippen LogP contribution in [0.2, 0.25) is 0 Å². The van der Waals surface area contributed by atoms with Gasteiger partial charge < -0.3 is 5.32 Å². The summed E-state index contributed by atoms with van der Waals surface area (Å²) in [6.07, 6.45) is 11.9. The Kier molecular flexibility index (Phi) is 6.40. The van der Waals surface area contributed by atoms with E-state index in [0.29, 0.717) is 12.3 Å². The molecule has 3 atom stereocenters. The van der Waals surface area contributed by atoms with Crippen LogP contribution in [-0.4, -0.2) is 20.7 Å². The van der Waals surface area contributed by atoms with E-state index >= 15 is 0 Å². The van der Waals surface area contributed by atoms with Crippen molar-refractivity contribution in [3.05, 3.63) is 119 Å². The van der Waals surface area contributed by atoms with E-state index in [0.717, 1.165) is 48.2 Å². The number of hydrogen-bond donors (Lipinski definition) is 1. The number of nitrogens with one attached hydrogen (secondary N) is 1. The van der Waals surface area contributed by atoms with E-state index in [1.807, 2.05) is 41.2 Å². The minimum Gasteiger partial charge on any atom is -0.349 e. The molecule has 2 heterocycles. The summed E-state index contributed by atoms with van der Waals surface area (Å²) in [5.41, 5.74) is 6.71. The molecule has 1 amide bonds. The van der Waals surface area contributed by atoms with Crippen LogP contribution in [0.3, 0.4) is 0 Å². The second-order valence-electron chi connectivity index (χ2n) is 10.7. The Hall–Kier alpha value is -4.06. The molecule has 1 N–H and O–H groups in total. The quantitative estimate of drug-likeness (QED) is 0.322. The molecule has 4 aromatic rings. The molecule has 1 fully saturated rings. The van der Waals surface area contributed by atoms with Gasteiger partial charge in [-0.15, -0.1) is 0 Å². The van der Waals surface area contributed by atoms with Crippen LogP contribution in [0, 0.1) is 17.2 Å². The van der Waals surface area contributed by atoms with E-state index in [4.69, 9.17) is 0 Å². The molecule has 38 heavy (non-hydrogen) atoms. The van der Waals surface area contributed by atoms with Crippen LogP contribution in [0.25, 0.3) is 11.8 Å². The lowest BCUT2D eigenvalue weighted by atomic mass is 9.68. The van der Waals surface area contributed by atoms with Gasteiger partial charge in [0.2, 0.25) is 5.91 Å². The molecule has 192 valence electrons. The summed E-state index contributed by atoms with van der Waals surface area (Å²) in [7, 11) is 0. The predicted molar refractivity (Wildman–Crippen MR) is 146 cm³/mol. The van der Waals surface area contributed by atoms with Gasteiger partial charge in [-0.2, -0.15) is 5.10 Å². The fraction of sp³-hybridized carbons (Fsp3) is 0.281. The number of carbonyl (C=O) groups is 1. The van der Waals surface area contributed by atoms with Gasteiger partial charge in [0.1, 0.15) is 5.82 Å². The molecule has 2 aliphatic carbocycles. The van der Waals surface area contributed by atoms with Crippen LogP contribution in [0.4, 0.5) is 4.39 Å². The number of nitrogens with zero attached hydrogens (tertiary/aromatic N) is 3. The Balaban J connectivity index is 1.24. The number of rotatable bonds is 7. The third-order valence-electron chi connectivity index (χ3n) is 8.39. The number of pyridine rings is 1. The molecular weight excluding hydrogens is 475 g/mol. The molecule has 0 aliphatic heterocycles. The lowest BCUT2D eigenvalue weighted by Gasteiger charge is -2.37. The zero-order valence-electron chi connectivity index (χ0n) is 21.5. The molecule has 0 spiro atoms. The van der Waals surface area contributed by atoms with Crippen molar-refractivity contribution >= 4 is 12.0 Å².